The van der Waals surface area contributed by atoms with Crippen molar-refractivity contribution in [3.63, 3.8) is 0 Å². The van der Waals surface area contributed by atoms with Crippen LogP contribution in [0.2, 0.25) is 0 Å². The van der Waals surface area contributed by atoms with Crippen LogP contribution in [0.25, 0.3) is 0 Å². The lowest BCUT2D eigenvalue weighted by atomic mass is 10.0. The molecule has 0 rings (SSSR count). The lowest BCUT2D eigenvalue weighted by Crippen LogP contribution is -2.30. The molecule has 72 heavy (non-hydrogen) atoms. The summed E-state index contributed by atoms with van der Waals surface area (Å²) < 4.78 is 16.8. The van der Waals surface area contributed by atoms with E-state index in [1.807, 2.05) is 0 Å². The van der Waals surface area contributed by atoms with Gasteiger partial charge in [0.1, 0.15) is 13.2 Å². The molecule has 0 bridgehead atoms. The van der Waals surface area contributed by atoms with Gasteiger partial charge in [0.15, 0.2) is 6.10 Å². The minimum atomic E-state index is -0.812. The second-order valence-electron chi connectivity index (χ2n) is 19.5. The summed E-state index contributed by atoms with van der Waals surface area (Å²) in [7, 11) is 0. The van der Waals surface area contributed by atoms with Crippen LogP contribution in [0.4, 0.5) is 0 Å². The fraction of sp³-hybridized carbons (Fsp3) is 0.682. The predicted octanol–water partition coefficient (Wildman–Crippen LogP) is 20.3. The summed E-state index contributed by atoms with van der Waals surface area (Å²) in [4.78, 5) is 38.2. The lowest BCUT2D eigenvalue weighted by molar-refractivity contribution is -0.167. The van der Waals surface area contributed by atoms with Crippen LogP contribution in [0.5, 0.6) is 0 Å². The molecule has 0 aromatic rings. The highest BCUT2D eigenvalue weighted by Crippen LogP contribution is 2.16. The number of unbranched alkanes of at least 4 members (excludes halogenated alkanes) is 24. The maximum atomic E-state index is 12.9. The smallest absolute Gasteiger partial charge is 0.306 e. The van der Waals surface area contributed by atoms with Crippen molar-refractivity contribution in [1.29, 1.82) is 0 Å². The minimum absolute atomic E-state index is 0.102. The van der Waals surface area contributed by atoms with E-state index in [1.54, 1.807) is 0 Å². The predicted molar refractivity (Wildman–Crippen MR) is 311 cm³/mol. The second kappa shape index (κ2) is 59.6. The number of ether oxygens (including phenoxy) is 3. The number of esters is 3. The first-order valence-corrected chi connectivity index (χ1v) is 29.9. The zero-order valence-electron chi connectivity index (χ0n) is 46.9. The van der Waals surface area contributed by atoms with E-state index < -0.39 is 6.10 Å². The standard InChI is InChI=1S/C66H110O6/c1-4-7-10-13-16-19-22-25-28-31-32-33-34-36-38-41-44-47-50-53-56-59-65(68)71-62-63(61-70-64(67)58-55-52-49-46-43-40-37-30-27-24-21-18-15-12-9-6-3)72-66(69)60-57-54-51-48-45-42-39-35-29-26-23-20-17-14-11-8-5-2/h7-8,10-11,16-17,19-20,25-26,28-29,32-33,39,42,48,51,63H,4-6,9,12-15,18,21-24,27,30-31,34-38,40-41,43-47,49-50,52-62H2,1-3H3/b10-7-,11-8-,19-16-,20-17-,28-25-,29-26-,33-32-,42-39-,51-48-. The van der Waals surface area contributed by atoms with Crippen molar-refractivity contribution in [2.24, 2.45) is 0 Å². The average Bonchev–Trinajstić information content (AvgIpc) is 3.38. The van der Waals surface area contributed by atoms with Gasteiger partial charge in [0, 0.05) is 19.3 Å². The number of carbonyl (C=O) groups is 3. The normalized spacial score (nSPS) is 12.9. The zero-order chi connectivity index (χ0) is 52.2. The molecule has 0 heterocycles. The first-order valence-electron chi connectivity index (χ1n) is 29.9. The molecule has 0 spiro atoms. The van der Waals surface area contributed by atoms with E-state index in [1.165, 1.54) is 116 Å². The van der Waals surface area contributed by atoms with Crippen molar-refractivity contribution < 1.29 is 28.6 Å². The number of hydrogen-bond acceptors (Lipinski definition) is 6. The van der Waals surface area contributed by atoms with Gasteiger partial charge < -0.3 is 14.2 Å². The second-order valence-corrected chi connectivity index (χ2v) is 19.5. The summed E-state index contributed by atoms with van der Waals surface area (Å²) >= 11 is 0. The lowest BCUT2D eigenvalue weighted by Gasteiger charge is -2.18. The van der Waals surface area contributed by atoms with Gasteiger partial charge in [-0.25, -0.2) is 0 Å². The van der Waals surface area contributed by atoms with E-state index in [0.29, 0.717) is 19.3 Å². The molecule has 0 amide bonds. The maximum absolute atomic E-state index is 12.9. The molecule has 0 N–H and O–H groups in total. The summed E-state index contributed by atoms with van der Waals surface area (Å²) in [6.45, 7) is 6.38. The van der Waals surface area contributed by atoms with Crippen molar-refractivity contribution >= 4 is 17.9 Å². The molecular formula is C66H110O6. The molecule has 0 aliphatic rings. The molecule has 0 saturated carbocycles. The van der Waals surface area contributed by atoms with Gasteiger partial charge in [-0.2, -0.15) is 0 Å². The van der Waals surface area contributed by atoms with Crippen molar-refractivity contribution in [2.75, 3.05) is 13.2 Å². The van der Waals surface area contributed by atoms with Crippen molar-refractivity contribution in [1.82, 2.24) is 0 Å². The molecular weight excluding hydrogens is 889 g/mol. The molecule has 1 atom stereocenters. The highest BCUT2D eigenvalue weighted by Gasteiger charge is 2.19. The first-order chi connectivity index (χ1) is 35.5. The van der Waals surface area contributed by atoms with Crippen LogP contribution in [-0.2, 0) is 28.6 Å². The third-order valence-corrected chi connectivity index (χ3v) is 12.5. The Morgan fingerprint density at radius 2 is 0.556 bits per heavy atom. The summed E-state index contributed by atoms with van der Waals surface area (Å²) in [6.07, 6.45) is 80.9. The molecule has 1 unspecified atom stereocenters. The molecule has 410 valence electrons. The van der Waals surface area contributed by atoms with E-state index in [2.05, 4.69) is 130 Å². The quantitative estimate of drug-likeness (QED) is 0.0261. The number of carbonyl (C=O) groups excluding carboxylic acids is 3. The minimum Gasteiger partial charge on any atom is -0.462 e. The van der Waals surface area contributed by atoms with E-state index >= 15 is 0 Å². The fourth-order valence-electron chi connectivity index (χ4n) is 8.12. The largest absolute Gasteiger partial charge is 0.462 e. The maximum Gasteiger partial charge on any atom is 0.306 e. The molecule has 0 saturated heterocycles. The highest BCUT2D eigenvalue weighted by molar-refractivity contribution is 5.71. The van der Waals surface area contributed by atoms with Gasteiger partial charge >= 0.3 is 17.9 Å². The van der Waals surface area contributed by atoms with Crippen LogP contribution in [0.15, 0.2) is 109 Å². The zero-order valence-corrected chi connectivity index (χ0v) is 46.9. The van der Waals surface area contributed by atoms with Gasteiger partial charge in [-0.05, 0) is 96.3 Å². The fourth-order valence-corrected chi connectivity index (χ4v) is 8.12. The van der Waals surface area contributed by atoms with Crippen LogP contribution in [-0.4, -0.2) is 37.2 Å². The Bertz CT molecular complexity index is 1470. The van der Waals surface area contributed by atoms with Gasteiger partial charge in [0.05, 0.1) is 0 Å². The van der Waals surface area contributed by atoms with Crippen molar-refractivity contribution in [3.05, 3.63) is 109 Å². The average molecular weight is 1000 g/mol. The van der Waals surface area contributed by atoms with Crippen LogP contribution in [0, 0.1) is 0 Å². The van der Waals surface area contributed by atoms with E-state index in [4.69, 9.17) is 14.2 Å². The van der Waals surface area contributed by atoms with E-state index in [-0.39, 0.29) is 37.5 Å². The monoisotopic (exact) mass is 999 g/mol. The Labute approximate surface area is 444 Å². The van der Waals surface area contributed by atoms with Gasteiger partial charge in [-0.15, -0.1) is 0 Å². The Morgan fingerprint density at radius 3 is 0.889 bits per heavy atom. The van der Waals surface area contributed by atoms with Crippen LogP contribution in [0.1, 0.15) is 271 Å². The van der Waals surface area contributed by atoms with Gasteiger partial charge in [0.25, 0.3) is 0 Å². The van der Waals surface area contributed by atoms with Crippen LogP contribution < -0.4 is 0 Å². The molecule has 0 aromatic heterocycles. The number of allylic oxidation sites excluding steroid dienone is 18. The summed E-state index contributed by atoms with van der Waals surface area (Å²) in [5.74, 6) is -0.964. The SMILES string of the molecule is CC/C=C\C/C=C\C/C=C\C/C=C\C/C=C\CCCC(=O)OC(COC(=O)CCCCCCCCCC/C=C\C/C=C\C/C=C\C/C=C\CC)COC(=O)CCCCCCCCCCCCCCCCCC. The van der Waals surface area contributed by atoms with E-state index in [0.717, 1.165) is 109 Å². The highest BCUT2D eigenvalue weighted by atomic mass is 16.6. The first kappa shape index (κ1) is 68.1. The number of hydrogen-bond donors (Lipinski definition) is 0. The molecule has 0 fully saturated rings. The molecule has 0 radical (unpaired) electrons. The Kier molecular flexibility index (Phi) is 56.4. The Hall–Kier alpha value is -3.93. The topological polar surface area (TPSA) is 78.9 Å². The molecule has 0 aliphatic heterocycles. The third kappa shape index (κ3) is 57.0. The third-order valence-electron chi connectivity index (χ3n) is 12.5. The van der Waals surface area contributed by atoms with Gasteiger partial charge in [-0.3, -0.25) is 14.4 Å². The summed E-state index contributed by atoms with van der Waals surface area (Å²) in [5.41, 5.74) is 0. The van der Waals surface area contributed by atoms with Crippen molar-refractivity contribution in [3.8, 4) is 0 Å². The summed E-state index contributed by atoms with van der Waals surface area (Å²) in [6, 6.07) is 0. The Morgan fingerprint density at radius 1 is 0.292 bits per heavy atom. The van der Waals surface area contributed by atoms with E-state index in [9.17, 15) is 14.4 Å². The molecule has 0 aromatic carbocycles. The van der Waals surface area contributed by atoms with Gasteiger partial charge in [-0.1, -0.05) is 265 Å². The Balaban J connectivity index is 4.46. The number of rotatable bonds is 53. The van der Waals surface area contributed by atoms with Crippen LogP contribution >= 0.6 is 0 Å². The van der Waals surface area contributed by atoms with Crippen molar-refractivity contribution in [2.45, 2.75) is 277 Å². The molecule has 0 aliphatic carbocycles. The molecule has 6 heteroatoms. The summed E-state index contributed by atoms with van der Waals surface area (Å²) in [5, 5.41) is 0. The molecule has 6 nitrogen and oxygen atoms in total. The van der Waals surface area contributed by atoms with Gasteiger partial charge in [0.2, 0.25) is 0 Å². The van der Waals surface area contributed by atoms with Crippen LogP contribution in [0.3, 0.4) is 0 Å².